The third-order valence-corrected chi connectivity index (χ3v) is 6.65. The second kappa shape index (κ2) is 7.87. The number of aromatic nitrogens is 4. The van der Waals surface area contributed by atoms with E-state index in [4.69, 9.17) is 0 Å². The Hall–Kier alpha value is -3.26. The average Bonchev–Trinajstić information content (AvgIpc) is 3.42. The molecule has 0 saturated heterocycles. The highest BCUT2D eigenvalue weighted by atomic mass is 32.1. The molecule has 0 bridgehead atoms. The Morgan fingerprint density at radius 2 is 2.03 bits per heavy atom. The van der Waals surface area contributed by atoms with E-state index in [1.165, 1.54) is 16.9 Å². The van der Waals surface area contributed by atoms with Gasteiger partial charge in [-0.3, -0.25) is 14.2 Å². The maximum atomic E-state index is 13.0. The van der Waals surface area contributed by atoms with Crippen molar-refractivity contribution in [3.05, 3.63) is 69.8 Å². The number of rotatable bonds is 5. The Morgan fingerprint density at radius 3 is 2.90 bits per heavy atom. The van der Waals surface area contributed by atoms with E-state index in [9.17, 15) is 9.59 Å². The molecule has 3 heterocycles. The molecule has 1 N–H and O–H groups in total. The van der Waals surface area contributed by atoms with Gasteiger partial charge in [-0.25, -0.2) is 9.67 Å². The summed E-state index contributed by atoms with van der Waals surface area (Å²) >= 11 is 1.64. The van der Waals surface area contributed by atoms with Gasteiger partial charge in [-0.1, -0.05) is 12.1 Å². The van der Waals surface area contributed by atoms with Crippen LogP contribution in [-0.4, -0.2) is 25.2 Å². The fraction of sp³-hybridized carbons (Fsp3) is 0.273. The second-order valence-corrected chi connectivity index (χ2v) is 8.48. The number of amides is 1. The van der Waals surface area contributed by atoms with Crippen molar-refractivity contribution in [3.63, 3.8) is 0 Å². The lowest BCUT2D eigenvalue weighted by molar-refractivity contribution is -0.116. The summed E-state index contributed by atoms with van der Waals surface area (Å²) in [7, 11) is 0. The van der Waals surface area contributed by atoms with Crippen molar-refractivity contribution in [2.24, 2.45) is 0 Å². The number of nitrogens with zero attached hydrogens (tertiary/aromatic N) is 4. The molecular formula is C22H21N5O2S. The van der Waals surface area contributed by atoms with E-state index in [0.29, 0.717) is 12.2 Å². The number of para-hydroxylation sites is 2. The zero-order chi connectivity index (χ0) is 20.5. The van der Waals surface area contributed by atoms with Crippen LogP contribution < -0.4 is 10.9 Å². The number of hydrogen-bond acceptors (Lipinski definition) is 5. The van der Waals surface area contributed by atoms with Crippen molar-refractivity contribution in [1.82, 2.24) is 19.3 Å². The van der Waals surface area contributed by atoms with Gasteiger partial charge in [-0.05, 0) is 49.4 Å². The first-order valence-electron chi connectivity index (χ1n) is 10.1. The summed E-state index contributed by atoms with van der Waals surface area (Å²) in [6, 6.07) is 9.33. The molecular weight excluding hydrogens is 398 g/mol. The molecule has 0 unspecified atom stereocenters. The van der Waals surface area contributed by atoms with E-state index in [0.717, 1.165) is 35.2 Å². The van der Waals surface area contributed by atoms with Gasteiger partial charge in [0.05, 0.1) is 23.1 Å². The predicted octanol–water partition coefficient (Wildman–Crippen LogP) is 3.55. The summed E-state index contributed by atoms with van der Waals surface area (Å²) < 4.78 is 3.26. The van der Waals surface area contributed by atoms with Crippen LogP contribution in [0.1, 0.15) is 29.7 Å². The van der Waals surface area contributed by atoms with Crippen molar-refractivity contribution in [3.8, 4) is 5.69 Å². The van der Waals surface area contributed by atoms with Crippen molar-refractivity contribution in [1.29, 1.82) is 0 Å². The minimum absolute atomic E-state index is 0.0378. The average molecular weight is 420 g/mol. The number of thiophene rings is 1. The van der Waals surface area contributed by atoms with Gasteiger partial charge in [0, 0.05) is 30.2 Å². The van der Waals surface area contributed by atoms with Crippen LogP contribution in [-0.2, 0) is 24.2 Å². The van der Waals surface area contributed by atoms with Crippen molar-refractivity contribution >= 4 is 33.1 Å². The van der Waals surface area contributed by atoms with Gasteiger partial charge in [-0.2, -0.15) is 5.10 Å². The number of carbonyl (C=O) groups is 1. The lowest BCUT2D eigenvalue weighted by Gasteiger charge is -2.12. The summed E-state index contributed by atoms with van der Waals surface area (Å²) in [5.74, 6) is -0.158. The molecule has 1 amide bonds. The van der Waals surface area contributed by atoms with E-state index in [1.54, 1.807) is 33.1 Å². The van der Waals surface area contributed by atoms with Crippen LogP contribution in [0.2, 0.25) is 0 Å². The zero-order valence-corrected chi connectivity index (χ0v) is 17.2. The molecule has 0 spiro atoms. The van der Waals surface area contributed by atoms with Crippen LogP contribution in [0.3, 0.4) is 0 Å². The van der Waals surface area contributed by atoms with Gasteiger partial charge in [-0.15, -0.1) is 11.3 Å². The van der Waals surface area contributed by atoms with Gasteiger partial charge < -0.3 is 5.32 Å². The molecule has 4 aromatic rings. The lowest BCUT2D eigenvalue weighted by atomic mass is 9.97. The van der Waals surface area contributed by atoms with Gasteiger partial charge in [0.1, 0.15) is 4.83 Å². The third-order valence-electron chi connectivity index (χ3n) is 5.45. The van der Waals surface area contributed by atoms with Crippen molar-refractivity contribution in [2.45, 2.75) is 38.6 Å². The number of benzene rings is 1. The van der Waals surface area contributed by atoms with Gasteiger partial charge in [0.2, 0.25) is 5.91 Å². The van der Waals surface area contributed by atoms with Gasteiger partial charge in [0.25, 0.3) is 5.56 Å². The first-order valence-corrected chi connectivity index (χ1v) is 10.9. The summed E-state index contributed by atoms with van der Waals surface area (Å²) in [6.45, 7) is 0.294. The number of nitrogens with one attached hydrogen (secondary N) is 1. The Balaban J connectivity index is 1.34. The van der Waals surface area contributed by atoms with Crippen molar-refractivity contribution in [2.75, 3.05) is 5.32 Å². The summed E-state index contributed by atoms with van der Waals surface area (Å²) in [4.78, 5) is 32.2. The fourth-order valence-electron chi connectivity index (χ4n) is 3.97. The molecule has 152 valence electrons. The highest BCUT2D eigenvalue weighted by molar-refractivity contribution is 7.18. The monoisotopic (exact) mass is 419 g/mol. The SMILES string of the molecule is O=C(CCn1cnc2sc3c(c2c1=O)CCCC3)Nc1ccccc1-n1cccn1. The van der Waals surface area contributed by atoms with Gasteiger partial charge >= 0.3 is 0 Å². The molecule has 0 atom stereocenters. The molecule has 30 heavy (non-hydrogen) atoms. The van der Waals surface area contributed by atoms with Crippen LogP contribution in [0.25, 0.3) is 15.9 Å². The normalized spacial score (nSPS) is 13.3. The largest absolute Gasteiger partial charge is 0.324 e. The minimum Gasteiger partial charge on any atom is -0.324 e. The maximum absolute atomic E-state index is 13.0. The predicted molar refractivity (Wildman–Crippen MR) is 117 cm³/mol. The van der Waals surface area contributed by atoms with E-state index in [-0.39, 0.29) is 17.9 Å². The molecule has 0 fully saturated rings. The molecule has 1 aromatic carbocycles. The summed E-state index contributed by atoms with van der Waals surface area (Å²) in [5, 5.41) is 7.92. The Bertz CT molecular complexity index is 1270. The molecule has 5 rings (SSSR count). The molecule has 3 aromatic heterocycles. The van der Waals surface area contributed by atoms with Crippen LogP contribution in [0, 0.1) is 0 Å². The highest BCUT2D eigenvalue weighted by Crippen LogP contribution is 2.33. The number of hydrogen-bond donors (Lipinski definition) is 1. The zero-order valence-electron chi connectivity index (χ0n) is 16.4. The number of aryl methyl sites for hydroxylation is 3. The second-order valence-electron chi connectivity index (χ2n) is 7.40. The smallest absolute Gasteiger partial charge is 0.262 e. The number of carbonyl (C=O) groups excluding carboxylic acids is 1. The minimum atomic E-state index is -0.158. The van der Waals surface area contributed by atoms with E-state index in [2.05, 4.69) is 15.4 Å². The Morgan fingerprint density at radius 1 is 1.17 bits per heavy atom. The number of fused-ring (bicyclic) bond motifs is 3. The van der Waals surface area contributed by atoms with Crippen LogP contribution in [0.4, 0.5) is 5.69 Å². The number of anilines is 1. The standard InChI is InChI=1S/C22H21N5O2S/c28-19(25-16-7-2-3-8-17(16)27-12-5-11-24-27)10-13-26-14-23-21-20(22(26)29)15-6-1-4-9-18(15)30-21/h2-3,5,7-8,11-12,14H,1,4,6,9-10,13H2,(H,25,28). The Kier molecular flexibility index (Phi) is 4.92. The third kappa shape index (κ3) is 3.43. The van der Waals surface area contributed by atoms with Crippen LogP contribution in [0.15, 0.2) is 53.8 Å². The summed E-state index contributed by atoms with van der Waals surface area (Å²) in [5.41, 5.74) is 2.61. The van der Waals surface area contributed by atoms with Crippen LogP contribution >= 0.6 is 11.3 Å². The topological polar surface area (TPSA) is 81.8 Å². The van der Waals surface area contributed by atoms with Crippen LogP contribution in [0.5, 0.6) is 0 Å². The lowest BCUT2D eigenvalue weighted by Crippen LogP contribution is -2.24. The van der Waals surface area contributed by atoms with Crippen molar-refractivity contribution < 1.29 is 4.79 Å². The quantitative estimate of drug-likeness (QED) is 0.536. The molecule has 0 radical (unpaired) electrons. The fourth-order valence-corrected chi connectivity index (χ4v) is 5.19. The molecule has 1 aliphatic carbocycles. The molecule has 0 saturated carbocycles. The molecule has 8 heteroatoms. The summed E-state index contributed by atoms with van der Waals surface area (Å²) in [6.07, 6.45) is 9.54. The molecule has 1 aliphatic rings. The molecule has 7 nitrogen and oxygen atoms in total. The molecule has 0 aliphatic heterocycles. The first-order chi connectivity index (χ1) is 14.7. The maximum Gasteiger partial charge on any atom is 0.262 e. The Labute approximate surface area is 177 Å². The van der Waals surface area contributed by atoms with E-state index >= 15 is 0 Å². The van der Waals surface area contributed by atoms with E-state index < -0.39 is 0 Å². The first kappa shape index (κ1) is 18.7. The van der Waals surface area contributed by atoms with E-state index in [1.807, 2.05) is 36.5 Å². The highest BCUT2D eigenvalue weighted by Gasteiger charge is 2.20. The van der Waals surface area contributed by atoms with Gasteiger partial charge in [0.15, 0.2) is 0 Å².